The van der Waals surface area contributed by atoms with E-state index in [1.165, 1.54) is 35.7 Å². The second-order valence-corrected chi connectivity index (χ2v) is 4.72. The van der Waals surface area contributed by atoms with Gasteiger partial charge in [0, 0.05) is 23.9 Å². The number of fused-ring (bicyclic) bond motifs is 1. The topological polar surface area (TPSA) is 33.1 Å². The van der Waals surface area contributed by atoms with Crippen molar-refractivity contribution in [1.82, 2.24) is 4.98 Å². The molecule has 3 heteroatoms. The van der Waals surface area contributed by atoms with Gasteiger partial charge in [-0.1, -0.05) is 43.5 Å². The highest BCUT2D eigenvalue weighted by Crippen LogP contribution is 2.18. The van der Waals surface area contributed by atoms with Crippen molar-refractivity contribution in [3.05, 3.63) is 42.2 Å². The van der Waals surface area contributed by atoms with Gasteiger partial charge in [0.25, 0.3) is 0 Å². The zero-order chi connectivity index (χ0) is 12.6. The van der Waals surface area contributed by atoms with Crippen molar-refractivity contribution in [2.75, 3.05) is 6.61 Å². The summed E-state index contributed by atoms with van der Waals surface area (Å²) < 4.78 is 0. The quantitative estimate of drug-likeness (QED) is 0.771. The molecule has 2 aromatic rings. The number of aliphatic hydroxyl groups excluding tert-OH is 1. The smallest absolute Gasteiger partial charge is 0.0481 e. The average molecular weight is 324 g/mol. The Balaban J connectivity index is 0.00000180. The van der Waals surface area contributed by atoms with Crippen LogP contribution in [0, 0.1) is 0 Å². The van der Waals surface area contributed by atoms with Crippen molar-refractivity contribution in [3.63, 3.8) is 0 Å². The molecule has 0 spiro atoms. The first-order valence-electron chi connectivity index (χ1n) is 6.85. The summed E-state index contributed by atoms with van der Waals surface area (Å²) in [5, 5.41) is 11.3. The van der Waals surface area contributed by atoms with Crippen LogP contribution in [0.3, 0.4) is 0 Å². The lowest BCUT2D eigenvalue weighted by molar-refractivity contribution is 0.282. The highest BCUT2D eigenvalue weighted by Gasteiger charge is 2.01. The van der Waals surface area contributed by atoms with Gasteiger partial charge in [0.1, 0.15) is 0 Å². The number of benzene rings is 1. The third-order valence-electron chi connectivity index (χ3n) is 3.33. The number of unbranched alkanes of at least 4 members (excludes halogenated alkanes) is 4. The van der Waals surface area contributed by atoms with Gasteiger partial charge < -0.3 is 5.11 Å². The van der Waals surface area contributed by atoms with Crippen LogP contribution in [0.15, 0.2) is 36.5 Å². The molecule has 0 atom stereocenters. The molecule has 2 nitrogen and oxygen atoms in total. The molecule has 0 saturated carbocycles. The van der Waals surface area contributed by atoms with E-state index in [1.54, 1.807) is 0 Å². The summed E-state index contributed by atoms with van der Waals surface area (Å²) in [6.07, 6.45) is 8.67. The maximum atomic E-state index is 8.71. The molecule has 0 radical (unpaired) electrons. The Morgan fingerprint density at radius 3 is 2.47 bits per heavy atom. The second-order valence-electron chi connectivity index (χ2n) is 4.72. The monoisotopic (exact) mass is 323 g/mol. The maximum Gasteiger partial charge on any atom is 0.0481 e. The minimum atomic E-state index is 0. The molecule has 0 amide bonds. The molecule has 0 aliphatic heterocycles. The number of hydrogen-bond acceptors (Lipinski definition) is 2. The molecule has 1 heterocycles. The third-order valence-corrected chi connectivity index (χ3v) is 3.33. The van der Waals surface area contributed by atoms with E-state index in [4.69, 9.17) is 5.11 Å². The van der Waals surface area contributed by atoms with E-state index in [0.29, 0.717) is 6.61 Å². The first kappa shape index (κ1) is 16.1. The maximum absolute atomic E-state index is 8.71. The summed E-state index contributed by atoms with van der Waals surface area (Å²) in [6, 6.07) is 10.5. The predicted octanol–water partition coefficient (Wildman–Crippen LogP) is 4.30. The number of aryl methyl sites for hydroxylation is 1. The number of aliphatic hydroxyl groups is 1. The van der Waals surface area contributed by atoms with Crippen molar-refractivity contribution < 1.29 is 5.11 Å². The third kappa shape index (κ3) is 4.92. The summed E-state index contributed by atoms with van der Waals surface area (Å²) in [7, 11) is 0. The number of rotatable bonds is 7. The van der Waals surface area contributed by atoms with E-state index in [2.05, 4.69) is 35.3 Å². The molecule has 1 aromatic carbocycles. The minimum absolute atomic E-state index is 0. The van der Waals surface area contributed by atoms with Gasteiger partial charge in [-0.3, -0.25) is 4.98 Å². The predicted molar refractivity (Wildman–Crippen MR) is 85.9 cm³/mol. The van der Waals surface area contributed by atoms with Gasteiger partial charge in [-0.15, -0.1) is 17.0 Å². The standard InChI is InChI=1S/C16H21NO.BrH/c18-13-7-3-1-2-4-10-16-15-9-6-5-8-14(15)11-12-17-16;/h5-6,8-9,11-12,18H,1-4,7,10,13H2;1H. The van der Waals surface area contributed by atoms with E-state index in [9.17, 15) is 0 Å². The van der Waals surface area contributed by atoms with Gasteiger partial charge in [-0.2, -0.15) is 0 Å². The lowest BCUT2D eigenvalue weighted by Crippen LogP contribution is -1.92. The van der Waals surface area contributed by atoms with Crippen LogP contribution in [-0.2, 0) is 6.42 Å². The van der Waals surface area contributed by atoms with Crippen molar-refractivity contribution >= 4 is 27.8 Å². The number of nitrogens with zero attached hydrogens (tertiary/aromatic N) is 1. The Kier molecular flexibility index (Phi) is 7.68. The zero-order valence-corrected chi connectivity index (χ0v) is 12.9. The summed E-state index contributed by atoms with van der Waals surface area (Å²) in [6.45, 7) is 0.324. The number of hydrogen-bond donors (Lipinski definition) is 1. The van der Waals surface area contributed by atoms with E-state index in [1.807, 2.05) is 6.20 Å². The number of aromatic nitrogens is 1. The molecule has 1 N–H and O–H groups in total. The molecule has 0 saturated heterocycles. The van der Waals surface area contributed by atoms with E-state index >= 15 is 0 Å². The van der Waals surface area contributed by atoms with Crippen LogP contribution in [0.2, 0.25) is 0 Å². The van der Waals surface area contributed by atoms with Gasteiger partial charge in [0.05, 0.1) is 0 Å². The van der Waals surface area contributed by atoms with Crippen LogP contribution >= 0.6 is 17.0 Å². The van der Waals surface area contributed by atoms with Gasteiger partial charge in [-0.05, 0) is 30.7 Å². The van der Waals surface area contributed by atoms with Gasteiger partial charge in [0.15, 0.2) is 0 Å². The molecule has 0 aliphatic carbocycles. The summed E-state index contributed by atoms with van der Waals surface area (Å²) >= 11 is 0. The largest absolute Gasteiger partial charge is 0.396 e. The van der Waals surface area contributed by atoms with Crippen LogP contribution in [0.4, 0.5) is 0 Å². The molecule has 19 heavy (non-hydrogen) atoms. The summed E-state index contributed by atoms with van der Waals surface area (Å²) in [5.74, 6) is 0. The average Bonchev–Trinajstić information content (AvgIpc) is 2.43. The van der Waals surface area contributed by atoms with Crippen LogP contribution in [0.1, 0.15) is 37.8 Å². The van der Waals surface area contributed by atoms with Crippen LogP contribution in [0.5, 0.6) is 0 Å². The Hall–Kier alpha value is -0.930. The molecular formula is C16H22BrNO. The van der Waals surface area contributed by atoms with Gasteiger partial charge >= 0.3 is 0 Å². The highest BCUT2D eigenvalue weighted by molar-refractivity contribution is 8.93. The van der Waals surface area contributed by atoms with Crippen LogP contribution < -0.4 is 0 Å². The zero-order valence-electron chi connectivity index (χ0n) is 11.2. The molecule has 0 unspecified atom stereocenters. The SMILES string of the molecule is Br.OCCCCCCCc1nccc2ccccc12. The molecular weight excluding hydrogens is 302 g/mol. The lowest BCUT2D eigenvalue weighted by atomic mass is 10.0. The fraction of sp³-hybridized carbons (Fsp3) is 0.438. The Bertz CT molecular complexity index is 482. The van der Waals surface area contributed by atoms with E-state index in [0.717, 1.165) is 19.3 Å². The normalized spacial score (nSPS) is 10.4. The Labute approximate surface area is 125 Å². The fourth-order valence-electron chi connectivity index (χ4n) is 2.32. The van der Waals surface area contributed by atoms with E-state index in [-0.39, 0.29) is 17.0 Å². The number of pyridine rings is 1. The summed E-state index contributed by atoms with van der Waals surface area (Å²) in [5.41, 5.74) is 1.22. The molecule has 104 valence electrons. The fourth-order valence-corrected chi connectivity index (χ4v) is 2.32. The molecule has 2 rings (SSSR count). The first-order chi connectivity index (χ1) is 8.92. The van der Waals surface area contributed by atoms with Gasteiger partial charge in [0.2, 0.25) is 0 Å². The van der Waals surface area contributed by atoms with Crippen molar-refractivity contribution in [2.24, 2.45) is 0 Å². The Morgan fingerprint density at radius 1 is 0.895 bits per heavy atom. The molecule has 0 fully saturated rings. The minimum Gasteiger partial charge on any atom is -0.396 e. The molecule has 0 bridgehead atoms. The van der Waals surface area contributed by atoms with E-state index < -0.39 is 0 Å². The van der Waals surface area contributed by atoms with Crippen molar-refractivity contribution in [2.45, 2.75) is 38.5 Å². The first-order valence-corrected chi connectivity index (χ1v) is 6.85. The van der Waals surface area contributed by atoms with Crippen LogP contribution in [-0.4, -0.2) is 16.7 Å². The summed E-state index contributed by atoms with van der Waals surface area (Å²) in [4.78, 5) is 4.50. The van der Waals surface area contributed by atoms with Crippen LogP contribution in [0.25, 0.3) is 10.8 Å². The Morgan fingerprint density at radius 2 is 1.63 bits per heavy atom. The molecule has 1 aromatic heterocycles. The van der Waals surface area contributed by atoms with Crippen molar-refractivity contribution in [1.29, 1.82) is 0 Å². The van der Waals surface area contributed by atoms with Crippen molar-refractivity contribution in [3.8, 4) is 0 Å². The second kappa shape index (κ2) is 9.05. The highest BCUT2D eigenvalue weighted by atomic mass is 79.9. The lowest BCUT2D eigenvalue weighted by Gasteiger charge is -2.05. The molecule has 0 aliphatic rings. The number of halogens is 1. The van der Waals surface area contributed by atoms with Gasteiger partial charge in [-0.25, -0.2) is 0 Å².